The highest BCUT2D eigenvalue weighted by atomic mass is 16.2. The van der Waals surface area contributed by atoms with Gasteiger partial charge < -0.3 is 10.2 Å². The van der Waals surface area contributed by atoms with Crippen LogP contribution in [0, 0.1) is 5.41 Å². The normalized spacial score (nSPS) is 23.8. The molecule has 1 aliphatic carbocycles. The van der Waals surface area contributed by atoms with Crippen LogP contribution >= 0.6 is 0 Å². The molecule has 0 atom stereocenters. The molecule has 1 aliphatic heterocycles. The Morgan fingerprint density at radius 2 is 2.00 bits per heavy atom. The SMILES string of the molecule is CCC1(C)CCN(C(=O)CCNC2CC2)CC1. The summed E-state index contributed by atoms with van der Waals surface area (Å²) in [6, 6.07) is 0.715. The first-order valence-electron chi connectivity index (χ1n) is 7.14. The molecule has 0 aromatic rings. The zero-order valence-corrected chi connectivity index (χ0v) is 11.3. The van der Waals surface area contributed by atoms with E-state index in [0.29, 0.717) is 23.8 Å². The van der Waals surface area contributed by atoms with Gasteiger partial charge in [0.2, 0.25) is 5.91 Å². The van der Waals surface area contributed by atoms with Gasteiger partial charge in [0.1, 0.15) is 0 Å². The molecule has 1 N–H and O–H groups in total. The van der Waals surface area contributed by atoms with Crippen LogP contribution in [0.4, 0.5) is 0 Å². The molecule has 1 saturated carbocycles. The summed E-state index contributed by atoms with van der Waals surface area (Å²) in [6.07, 6.45) is 6.85. The molecule has 17 heavy (non-hydrogen) atoms. The zero-order valence-electron chi connectivity index (χ0n) is 11.3. The van der Waals surface area contributed by atoms with Gasteiger partial charge in [-0.2, -0.15) is 0 Å². The van der Waals surface area contributed by atoms with Crippen molar-refractivity contribution in [2.24, 2.45) is 5.41 Å². The number of rotatable bonds is 5. The van der Waals surface area contributed by atoms with Gasteiger partial charge in [-0.3, -0.25) is 4.79 Å². The van der Waals surface area contributed by atoms with Gasteiger partial charge in [-0.1, -0.05) is 20.3 Å². The van der Waals surface area contributed by atoms with E-state index in [1.165, 1.54) is 32.1 Å². The maximum Gasteiger partial charge on any atom is 0.223 e. The maximum atomic E-state index is 12.0. The molecule has 0 unspecified atom stereocenters. The highest BCUT2D eigenvalue weighted by Gasteiger charge is 2.30. The van der Waals surface area contributed by atoms with Gasteiger partial charge >= 0.3 is 0 Å². The average molecular weight is 238 g/mol. The number of hydrogen-bond acceptors (Lipinski definition) is 2. The third-order valence-corrected chi connectivity index (χ3v) is 4.53. The fraction of sp³-hybridized carbons (Fsp3) is 0.929. The third-order valence-electron chi connectivity index (χ3n) is 4.53. The molecule has 0 radical (unpaired) electrons. The summed E-state index contributed by atoms with van der Waals surface area (Å²) in [5.41, 5.74) is 0.475. The molecule has 3 nitrogen and oxygen atoms in total. The van der Waals surface area contributed by atoms with Crippen LogP contribution in [-0.4, -0.2) is 36.5 Å². The standard InChI is InChI=1S/C14H26N2O/c1-3-14(2)7-10-16(11-8-14)13(17)6-9-15-12-4-5-12/h12,15H,3-11H2,1-2H3. The van der Waals surface area contributed by atoms with Crippen molar-refractivity contribution in [1.29, 1.82) is 0 Å². The van der Waals surface area contributed by atoms with Crippen LogP contribution in [0.1, 0.15) is 52.4 Å². The number of hydrogen-bond donors (Lipinski definition) is 1. The van der Waals surface area contributed by atoms with E-state index in [2.05, 4.69) is 24.1 Å². The van der Waals surface area contributed by atoms with E-state index in [0.717, 1.165) is 19.6 Å². The van der Waals surface area contributed by atoms with Crippen molar-refractivity contribution in [3.05, 3.63) is 0 Å². The molecule has 98 valence electrons. The van der Waals surface area contributed by atoms with E-state index in [-0.39, 0.29) is 0 Å². The van der Waals surface area contributed by atoms with Crippen LogP contribution in [-0.2, 0) is 4.79 Å². The average Bonchev–Trinajstić information content (AvgIpc) is 3.14. The van der Waals surface area contributed by atoms with E-state index < -0.39 is 0 Å². The van der Waals surface area contributed by atoms with Crippen LogP contribution in [0.5, 0.6) is 0 Å². The summed E-state index contributed by atoms with van der Waals surface area (Å²) >= 11 is 0. The van der Waals surface area contributed by atoms with E-state index in [1.54, 1.807) is 0 Å². The first-order valence-corrected chi connectivity index (χ1v) is 7.14. The fourth-order valence-corrected chi connectivity index (χ4v) is 2.48. The van der Waals surface area contributed by atoms with Crippen molar-refractivity contribution >= 4 is 5.91 Å². The van der Waals surface area contributed by atoms with Gasteiger partial charge in [0.25, 0.3) is 0 Å². The largest absolute Gasteiger partial charge is 0.343 e. The van der Waals surface area contributed by atoms with Crippen molar-refractivity contribution in [3.63, 3.8) is 0 Å². The smallest absolute Gasteiger partial charge is 0.223 e. The minimum Gasteiger partial charge on any atom is -0.343 e. The van der Waals surface area contributed by atoms with Crippen molar-refractivity contribution in [3.8, 4) is 0 Å². The summed E-state index contributed by atoms with van der Waals surface area (Å²) < 4.78 is 0. The Bertz CT molecular complexity index is 265. The number of piperidine rings is 1. The van der Waals surface area contributed by atoms with Gasteiger partial charge in [-0.05, 0) is 31.1 Å². The Hall–Kier alpha value is -0.570. The molecule has 0 aromatic heterocycles. The predicted octanol–water partition coefficient (Wildman–Crippen LogP) is 2.17. The summed E-state index contributed by atoms with van der Waals surface area (Å²) in [5, 5.41) is 3.41. The molecule has 1 heterocycles. The minimum absolute atomic E-state index is 0.344. The molecule has 2 rings (SSSR count). The van der Waals surface area contributed by atoms with Crippen LogP contribution in [0.3, 0.4) is 0 Å². The highest BCUT2D eigenvalue weighted by molar-refractivity contribution is 5.76. The first-order chi connectivity index (χ1) is 8.13. The number of carbonyl (C=O) groups excluding carboxylic acids is 1. The Labute approximate surface area is 105 Å². The van der Waals surface area contributed by atoms with E-state index in [9.17, 15) is 4.79 Å². The molecule has 2 fully saturated rings. The van der Waals surface area contributed by atoms with Crippen molar-refractivity contribution in [2.45, 2.75) is 58.4 Å². The van der Waals surface area contributed by atoms with Gasteiger partial charge in [-0.15, -0.1) is 0 Å². The lowest BCUT2D eigenvalue weighted by atomic mass is 9.78. The van der Waals surface area contributed by atoms with Crippen molar-refractivity contribution < 1.29 is 4.79 Å². The maximum absolute atomic E-state index is 12.0. The lowest BCUT2D eigenvalue weighted by Crippen LogP contribution is -2.42. The molecular formula is C14H26N2O. The van der Waals surface area contributed by atoms with Crippen molar-refractivity contribution in [2.75, 3.05) is 19.6 Å². The van der Waals surface area contributed by atoms with Gasteiger partial charge in [-0.25, -0.2) is 0 Å². The molecule has 0 bridgehead atoms. The first kappa shape index (κ1) is 12.9. The molecule has 1 saturated heterocycles. The zero-order chi connectivity index (χ0) is 12.3. The third kappa shape index (κ3) is 3.70. The lowest BCUT2D eigenvalue weighted by Gasteiger charge is -2.39. The Balaban J connectivity index is 1.66. The van der Waals surface area contributed by atoms with Crippen molar-refractivity contribution in [1.82, 2.24) is 10.2 Å². The van der Waals surface area contributed by atoms with Gasteiger partial charge in [0, 0.05) is 32.1 Å². The van der Waals surface area contributed by atoms with Crippen LogP contribution in [0.25, 0.3) is 0 Å². The number of likely N-dealkylation sites (tertiary alicyclic amines) is 1. The van der Waals surface area contributed by atoms with Crippen LogP contribution in [0.2, 0.25) is 0 Å². The lowest BCUT2D eigenvalue weighted by molar-refractivity contribution is -0.133. The molecular weight excluding hydrogens is 212 g/mol. The Morgan fingerprint density at radius 1 is 1.35 bits per heavy atom. The van der Waals surface area contributed by atoms with Crippen LogP contribution < -0.4 is 5.32 Å². The van der Waals surface area contributed by atoms with E-state index in [1.807, 2.05) is 0 Å². The fourth-order valence-electron chi connectivity index (χ4n) is 2.48. The molecule has 1 amide bonds. The topological polar surface area (TPSA) is 32.3 Å². The molecule has 0 spiro atoms. The summed E-state index contributed by atoms with van der Waals surface area (Å²) in [5.74, 6) is 0.344. The molecule has 3 heteroatoms. The second kappa shape index (κ2) is 5.38. The highest BCUT2D eigenvalue weighted by Crippen LogP contribution is 2.33. The number of amides is 1. The summed E-state index contributed by atoms with van der Waals surface area (Å²) in [4.78, 5) is 14.0. The van der Waals surface area contributed by atoms with Gasteiger partial charge in [0.15, 0.2) is 0 Å². The number of carbonyl (C=O) groups is 1. The quantitative estimate of drug-likeness (QED) is 0.796. The molecule has 0 aromatic carbocycles. The summed E-state index contributed by atoms with van der Waals surface area (Å²) in [6.45, 7) is 7.41. The second-order valence-electron chi connectivity index (χ2n) is 6.02. The molecule has 2 aliphatic rings. The minimum atomic E-state index is 0.344. The second-order valence-corrected chi connectivity index (χ2v) is 6.02. The number of nitrogens with zero attached hydrogens (tertiary/aromatic N) is 1. The Morgan fingerprint density at radius 3 is 2.53 bits per heavy atom. The predicted molar refractivity (Wildman–Crippen MR) is 69.9 cm³/mol. The van der Waals surface area contributed by atoms with Gasteiger partial charge in [0.05, 0.1) is 0 Å². The van der Waals surface area contributed by atoms with E-state index in [4.69, 9.17) is 0 Å². The summed E-state index contributed by atoms with van der Waals surface area (Å²) in [7, 11) is 0. The Kier molecular flexibility index (Phi) is 4.08. The monoisotopic (exact) mass is 238 g/mol. The van der Waals surface area contributed by atoms with Crippen LogP contribution in [0.15, 0.2) is 0 Å². The van der Waals surface area contributed by atoms with E-state index >= 15 is 0 Å². The number of nitrogens with one attached hydrogen (secondary N) is 1.